The first-order valence-corrected chi connectivity index (χ1v) is 8.03. The number of fused-ring (bicyclic) bond motifs is 2. The SMILES string of the molecule is NC(=NCc1cc2ccccc2[nH]1)Nc1ccc2c(c1)CCC2. The van der Waals surface area contributed by atoms with Gasteiger partial charge in [-0.25, -0.2) is 4.99 Å². The molecule has 0 bridgehead atoms. The van der Waals surface area contributed by atoms with Crippen LogP contribution in [0, 0.1) is 0 Å². The number of nitrogens with two attached hydrogens (primary N) is 1. The molecule has 4 nitrogen and oxygen atoms in total. The molecule has 0 fully saturated rings. The Kier molecular flexibility index (Phi) is 3.50. The Balaban J connectivity index is 1.46. The van der Waals surface area contributed by atoms with Gasteiger partial charge >= 0.3 is 0 Å². The lowest BCUT2D eigenvalue weighted by Crippen LogP contribution is -2.22. The van der Waals surface area contributed by atoms with Gasteiger partial charge in [-0.05, 0) is 60.0 Å². The molecule has 1 aliphatic rings. The summed E-state index contributed by atoms with van der Waals surface area (Å²) >= 11 is 0. The number of aliphatic imine (C=N–C) groups is 1. The standard InChI is InChI=1S/C19H20N4/c20-19(23-16-9-8-13-5-3-6-14(13)10-16)21-12-17-11-15-4-1-2-7-18(15)22-17/h1-2,4,7-11,22H,3,5-6,12H2,(H3,20,21,23). The summed E-state index contributed by atoms with van der Waals surface area (Å²) in [7, 11) is 0. The summed E-state index contributed by atoms with van der Waals surface area (Å²) in [5, 5.41) is 4.39. The Morgan fingerprint density at radius 2 is 1.96 bits per heavy atom. The molecule has 4 heteroatoms. The van der Waals surface area contributed by atoms with E-state index < -0.39 is 0 Å². The number of aryl methyl sites for hydroxylation is 2. The third-order valence-electron chi connectivity index (χ3n) is 4.38. The minimum Gasteiger partial charge on any atom is -0.370 e. The van der Waals surface area contributed by atoms with E-state index in [0.29, 0.717) is 12.5 Å². The molecule has 0 saturated carbocycles. The van der Waals surface area contributed by atoms with Gasteiger partial charge < -0.3 is 16.0 Å². The van der Waals surface area contributed by atoms with E-state index >= 15 is 0 Å². The number of hydrogen-bond acceptors (Lipinski definition) is 1. The minimum atomic E-state index is 0.446. The Labute approximate surface area is 135 Å². The predicted molar refractivity (Wildman–Crippen MR) is 95.7 cm³/mol. The van der Waals surface area contributed by atoms with Gasteiger partial charge in [0.15, 0.2) is 5.96 Å². The van der Waals surface area contributed by atoms with Gasteiger partial charge in [-0.3, -0.25) is 0 Å². The van der Waals surface area contributed by atoms with Crippen molar-refractivity contribution in [1.29, 1.82) is 0 Å². The summed E-state index contributed by atoms with van der Waals surface area (Å²) in [5.41, 5.74) is 12.1. The molecule has 0 radical (unpaired) electrons. The molecule has 0 saturated heterocycles. The van der Waals surface area contributed by atoms with Crippen molar-refractivity contribution in [1.82, 2.24) is 4.98 Å². The van der Waals surface area contributed by atoms with Crippen LogP contribution >= 0.6 is 0 Å². The second kappa shape index (κ2) is 5.80. The van der Waals surface area contributed by atoms with Crippen molar-refractivity contribution in [3.63, 3.8) is 0 Å². The molecule has 1 heterocycles. The fourth-order valence-corrected chi connectivity index (χ4v) is 3.23. The maximum absolute atomic E-state index is 6.02. The summed E-state index contributed by atoms with van der Waals surface area (Å²) in [6.45, 7) is 0.540. The topological polar surface area (TPSA) is 66.2 Å². The number of hydrogen-bond donors (Lipinski definition) is 3. The lowest BCUT2D eigenvalue weighted by Gasteiger charge is -2.07. The normalized spacial score (nSPS) is 14.2. The van der Waals surface area contributed by atoms with Crippen LogP contribution in [0.15, 0.2) is 53.5 Å². The quantitative estimate of drug-likeness (QED) is 0.511. The van der Waals surface area contributed by atoms with Gasteiger partial charge in [-0.1, -0.05) is 24.3 Å². The van der Waals surface area contributed by atoms with Gasteiger partial charge in [-0.15, -0.1) is 0 Å². The number of para-hydroxylation sites is 1. The zero-order chi connectivity index (χ0) is 15.6. The van der Waals surface area contributed by atoms with Crippen molar-refractivity contribution >= 4 is 22.5 Å². The minimum absolute atomic E-state index is 0.446. The molecular formula is C19H20N4. The van der Waals surface area contributed by atoms with Gasteiger partial charge in [0.05, 0.1) is 6.54 Å². The third kappa shape index (κ3) is 2.93. The van der Waals surface area contributed by atoms with E-state index in [2.05, 4.69) is 51.7 Å². The molecule has 1 aliphatic carbocycles. The van der Waals surface area contributed by atoms with E-state index in [9.17, 15) is 0 Å². The van der Waals surface area contributed by atoms with Gasteiger partial charge in [-0.2, -0.15) is 0 Å². The Bertz CT molecular complexity index is 843. The van der Waals surface area contributed by atoms with E-state index in [1.807, 2.05) is 12.1 Å². The Morgan fingerprint density at radius 3 is 2.87 bits per heavy atom. The van der Waals surface area contributed by atoms with Crippen LogP contribution in [0.5, 0.6) is 0 Å². The van der Waals surface area contributed by atoms with Crippen LogP contribution in [0.3, 0.4) is 0 Å². The molecule has 23 heavy (non-hydrogen) atoms. The first kappa shape index (κ1) is 13.9. The van der Waals surface area contributed by atoms with Gasteiger partial charge in [0.2, 0.25) is 0 Å². The number of anilines is 1. The molecule has 2 aromatic carbocycles. The van der Waals surface area contributed by atoms with E-state index in [1.165, 1.54) is 29.4 Å². The molecule has 0 aliphatic heterocycles. The maximum Gasteiger partial charge on any atom is 0.193 e. The fourth-order valence-electron chi connectivity index (χ4n) is 3.23. The first-order chi connectivity index (χ1) is 11.3. The van der Waals surface area contributed by atoms with Crippen molar-refractivity contribution in [2.75, 3.05) is 5.32 Å². The van der Waals surface area contributed by atoms with E-state index in [-0.39, 0.29) is 0 Å². The van der Waals surface area contributed by atoms with Crippen LogP contribution in [0.4, 0.5) is 5.69 Å². The predicted octanol–water partition coefficient (Wildman–Crippen LogP) is 3.58. The van der Waals surface area contributed by atoms with Crippen molar-refractivity contribution in [3.8, 4) is 0 Å². The van der Waals surface area contributed by atoms with E-state index in [1.54, 1.807) is 0 Å². The highest BCUT2D eigenvalue weighted by atomic mass is 15.1. The van der Waals surface area contributed by atoms with E-state index in [0.717, 1.165) is 23.3 Å². The van der Waals surface area contributed by atoms with Crippen LogP contribution in [-0.4, -0.2) is 10.9 Å². The lowest BCUT2D eigenvalue weighted by atomic mass is 10.1. The summed E-state index contributed by atoms with van der Waals surface area (Å²) in [6.07, 6.45) is 3.61. The number of rotatable bonds is 3. The summed E-state index contributed by atoms with van der Waals surface area (Å²) in [6, 6.07) is 16.8. The monoisotopic (exact) mass is 304 g/mol. The largest absolute Gasteiger partial charge is 0.370 e. The van der Waals surface area contributed by atoms with Gasteiger partial charge in [0, 0.05) is 16.9 Å². The Hall–Kier alpha value is -2.75. The van der Waals surface area contributed by atoms with Crippen LogP contribution in [-0.2, 0) is 19.4 Å². The van der Waals surface area contributed by atoms with Crippen molar-refractivity contribution in [3.05, 3.63) is 65.4 Å². The molecule has 3 aromatic rings. The number of benzene rings is 2. The van der Waals surface area contributed by atoms with Crippen molar-refractivity contribution in [2.45, 2.75) is 25.8 Å². The number of H-pyrrole nitrogens is 1. The highest BCUT2D eigenvalue weighted by Gasteiger charge is 2.10. The molecule has 4 rings (SSSR count). The van der Waals surface area contributed by atoms with E-state index in [4.69, 9.17) is 5.73 Å². The number of aromatic nitrogens is 1. The molecule has 0 unspecified atom stereocenters. The molecule has 0 spiro atoms. The Morgan fingerprint density at radius 1 is 1.09 bits per heavy atom. The van der Waals surface area contributed by atoms with Crippen LogP contribution in [0.25, 0.3) is 10.9 Å². The first-order valence-electron chi connectivity index (χ1n) is 8.03. The molecule has 0 amide bonds. The number of guanidine groups is 1. The van der Waals surface area contributed by atoms with Crippen LogP contribution in [0.2, 0.25) is 0 Å². The summed E-state index contributed by atoms with van der Waals surface area (Å²) < 4.78 is 0. The number of aromatic amines is 1. The molecule has 116 valence electrons. The second-order valence-electron chi connectivity index (χ2n) is 6.05. The number of nitrogens with one attached hydrogen (secondary N) is 2. The molecule has 0 atom stereocenters. The van der Waals surface area contributed by atoms with Crippen LogP contribution < -0.4 is 11.1 Å². The van der Waals surface area contributed by atoms with Crippen molar-refractivity contribution < 1.29 is 0 Å². The number of nitrogens with zero attached hydrogens (tertiary/aromatic N) is 1. The summed E-state index contributed by atoms with van der Waals surface area (Å²) in [5.74, 6) is 0.446. The third-order valence-corrected chi connectivity index (χ3v) is 4.38. The highest BCUT2D eigenvalue weighted by molar-refractivity contribution is 5.92. The average molecular weight is 304 g/mol. The summed E-state index contributed by atoms with van der Waals surface area (Å²) in [4.78, 5) is 7.79. The lowest BCUT2D eigenvalue weighted by molar-refractivity contribution is 0.912. The average Bonchev–Trinajstić information content (AvgIpc) is 3.18. The zero-order valence-electron chi connectivity index (χ0n) is 13.0. The van der Waals surface area contributed by atoms with Crippen LogP contribution in [0.1, 0.15) is 23.2 Å². The fraction of sp³-hybridized carbons (Fsp3) is 0.211. The molecular weight excluding hydrogens is 284 g/mol. The smallest absolute Gasteiger partial charge is 0.193 e. The second-order valence-corrected chi connectivity index (χ2v) is 6.05. The molecule has 1 aromatic heterocycles. The van der Waals surface area contributed by atoms with Gasteiger partial charge in [0.25, 0.3) is 0 Å². The molecule has 4 N–H and O–H groups in total. The van der Waals surface area contributed by atoms with Gasteiger partial charge in [0.1, 0.15) is 0 Å². The maximum atomic E-state index is 6.02. The van der Waals surface area contributed by atoms with Crippen molar-refractivity contribution in [2.24, 2.45) is 10.7 Å². The highest BCUT2D eigenvalue weighted by Crippen LogP contribution is 2.24. The zero-order valence-corrected chi connectivity index (χ0v) is 13.0.